The number of morpholine rings is 1. The smallest absolute Gasteiger partial charge is 0.280 e. The molecule has 3 heterocycles. The van der Waals surface area contributed by atoms with Gasteiger partial charge in [-0.15, -0.1) is 0 Å². The second-order valence-corrected chi connectivity index (χ2v) is 8.20. The summed E-state index contributed by atoms with van der Waals surface area (Å²) in [6.45, 7) is 8.12. The van der Waals surface area contributed by atoms with Gasteiger partial charge in [0.15, 0.2) is 6.54 Å². The van der Waals surface area contributed by atoms with Gasteiger partial charge >= 0.3 is 0 Å². The lowest BCUT2D eigenvalue weighted by Crippen LogP contribution is -3.16. The molecule has 1 saturated heterocycles. The zero-order valence-corrected chi connectivity index (χ0v) is 16.5. The van der Waals surface area contributed by atoms with Crippen LogP contribution in [0.3, 0.4) is 0 Å². The number of hydrogen-bond donors (Lipinski definition) is 2. The van der Waals surface area contributed by atoms with Crippen LogP contribution in [-0.4, -0.2) is 52.5 Å². The van der Waals surface area contributed by atoms with E-state index < -0.39 is 0 Å². The molecule has 1 aliphatic heterocycles. The van der Waals surface area contributed by atoms with E-state index in [0.717, 1.165) is 34.1 Å². The summed E-state index contributed by atoms with van der Waals surface area (Å²) < 4.78 is 8.57. The summed E-state index contributed by atoms with van der Waals surface area (Å²) in [5, 5.41) is 8.29. The van der Waals surface area contributed by atoms with Crippen LogP contribution in [-0.2, 0) is 9.53 Å². The number of benzene rings is 1. The van der Waals surface area contributed by atoms with Crippen molar-refractivity contribution in [3.8, 4) is 5.13 Å². The van der Waals surface area contributed by atoms with Gasteiger partial charge in [0.1, 0.15) is 31.1 Å². The predicted octanol–water partition coefficient (Wildman–Crippen LogP) is 1.42. The van der Waals surface area contributed by atoms with Gasteiger partial charge in [0.05, 0.1) is 15.9 Å². The summed E-state index contributed by atoms with van der Waals surface area (Å²) in [4.78, 5) is 18.5. The third-order valence-electron chi connectivity index (χ3n) is 4.59. The molecule has 8 heteroatoms. The van der Waals surface area contributed by atoms with Crippen LogP contribution < -0.4 is 10.2 Å². The average Bonchev–Trinajstić information content (AvgIpc) is 3.16. The summed E-state index contributed by atoms with van der Waals surface area (Å²) in [7, 11) is 0. The molecule has 1 aliphatic rings. The number of amides is 1. The Morgan fingerprint density at radius 1 is 1.33 bits per heavy atom. The Kier molecular flexibility index (Phi) is 4.94. The molecule has 1 fully saturated rings. The lowest BCUT2D eigenvalue weighted by atomic mass is 10.2. The molecule has 0 bridgehead atoms. The zero-order valence-electron chi connectivity index (χ0n) is 15.7. The van der Waals surface area contributed by atoms with Crippen molar-refractivity contribution in [1.82, 2.24) is 14.8 Å². The molecular weight excluding hydrogens is 362 g/mol. The molecule has 7 nitrogen and oxygen atoms in total. The highest BCUT2D eigenvalue weighted by atomic mass is 32.1. The topological polar surface area (TPSA) is 73.5 Å². The van der Waals surface area contributed by atoms with Crippen molar-refractivity contribution in [3.05, 3.63) is 36.0 Å². The SMILES string of the molecule is Cc1cc(NC(=O)C[NH+]2C[C@@H](C)O[C@H](C)C2)n(-c2nc3ccccc3s2)n1. The van der Waals surface area contributed by atoms with Crippen molar-refractivity contribution in [2.45, 2.75) is 33.0 Å². The van der Waals surface area contributed by atoms with Crippen LogP contribution in [0.25, 0.3) is 15.3 Å². The van der Waals surface area contributed by atoms with E-state index in [0.29, 0.717) is 12.4 Å². The van der Waals surface area contributed by atoms with Crippen molar-refractivity contribution >= 4 is 33.3 Å². The van der Waals surface area contributed by atoms with Crippen LogP contribution >= 0.6 is 11.3 Å². The normalized spacial score (nSPS) is 22.9. The standard InChI is InChI=1S/C19H23N5O2S/c1-12-8-17(21-18(25)11-23-9-13(2)26-14(3)10-23)24(22-12)19-20-15-6-4-5-7-16(15)27-19/h4-8,13-14H,9-11H2,1-3H3,(H,21,25)/p+1/t13-,14-/m1/s1. The number of ether oxygens (including phenoxy) is 1. The zero-order chi connectivity index (χ0) is 19.0. The first-order valence-corrected chi connectivity index (χ1v) is 10.0. The molecular formula is C19H24N5O2S+. The summed E-state index contributed by atoms with van der Waals surface area (Å²) in [5.41, 5.74) is 1.77. The lowest BCUT2D eigenvalue weighted by Gasteiger charge is -2.31. The van der Waals surface area contributed by atoms with E-state index in [1.807, 2.05) is 37.3 Å². The van der Waals surface area contributed by atoms with E-state index in [1.165, 1.54) is 4.90 Å². The lowest BCUT2D eigenvalue weighted by molar-refractivity contribution is -0.907. The van der Waals surface area contributed by atoms with Gasteiger partial charge in [0.2, 0.25) is 5.13 Å². The molecule has 2 aromatic heterocycles. The fourth-order valence-corrected chi connectivity index (χ4v) is 4.56. The van der Waals surface area contributed by atoms with Crippen molar-refractivity contribution in [3.63, 3.8) is 0 Å². The van der Waals surface area contributed by atoms with Crippen LogP contribution in [0.1, 0.15) is 19.5 Å². The molecule has 0 unspecified atom stereocenters. The fraction of sp³-hybridized carbons (Fsp3) is 0.421. The van der Waals surface area contributed by atoms with Gasteiger partial charge in [-0.25, -0.2) is 4.98 Å². The number of quaternary nitrogens is 1. The molecule has 142 valence electrons. The Morgan fingerprint density at radius 3 is 2.81 bits per heavy atom. The van der Waals surface area contributed by atoms with Crippen molar-refractivity contribution in [2.24, 2.45) is 0 Å². The molecule has 27 heavy (non-hydrogen) atoms. The Labute approximate surface area is 162 Å². The monoisotopic (exact) mass is 386 g/mol. The van der Waals surface area contributed by atoms with Crippen LogP contribution in [0, 0.1) is 6.92 Å². The van der Waals surface area contributed by atoms with Gasteiger partial charge in [-0.05, 0) is 32.9 Å². The van der Waals surface area contributed by atoms with Gasteiger partial charge in [-0.1, -0.05) is 23.5 Å². The number of nitrogens with one attached hydrogen (secondary N) is 2. The Balaban J connectivity index is 1.52. The van der Waals surface area contributed by atoms with Gasteiger partial charge in [-0.2, -0.15) is 9.78 Å². The molecule has 1 aromatic carbocycles. The maximum atomic E-state index is 12.6. The number of aryl methyl sites for hydroxylation is 1. The maximum Gasteiger partial charge on any atom is 0.280 e. The number of carbonyl (C=O) groups is 1. The van der Waals surface area contributed by atoms with E-state index in [9.17, 15) is 4.79 Å². The molecule has 0 radical (unpaired) electrons. The molecule has 2 atom stereocenters. The van der Waals surface area contributed by atoms with E-state index in [1.54, 1.807) is 16.0 Å². The quantitative estimate of drug-likeness (QED) is 0.711. The number of carbonyl (C=O) groups excluding carboxylic acids is 1. The first-order valence-electron chi connectivity index (χ1n) is 9.19. The minimum absolute atomic E-state index is 0.0199. The Bertz CT molecular complexity index is 923. The van der Waals surface area contributed by atoms with Gasteiger partial charge in [0, 0.05) is 6.07 Å². The molecule has 4 rings (SSSR count). The van der Waals surface area contributed by atoms with E-state index in [-0.39, 0.29) is 18.1 Å². The minimum atomic E-state index is -0.0199. The number of fused-ring (bicyclic) bond motifs is 1. The highest BCUT2D eigenvalue weighted by molar-refractivity contribution is 7.20. The van der Waals surface area contributed by atoms with E-state index in [4.69, 9.17) is 4.74 Å². The van der Waals surface area contributed by atoms with Gasteiger partial charge < -0.3 is 15.0 Å². The molecule has 0 spiro atoms. The van der Waals surface area contributed by atoms with Crippen LogP contribution in [0.15, 0.2) is 30.3 Å². The summed E-state index contributed by atoms with van der Waals surface area (Å²) in [6.07, 6.45) is 0.346. The number of nitrogens with zero attached hydrogens (tertiary/aromatic N) is 3. The molecule has 0 aliphatic carbocycles. The van der Waals surface area contributed by atoms with Gasteiger partial charge in [0.25, 0.3) is 5.91 Å². The summed E-state index contributed by atoms with van der Waals surface area (Å²) in [6, 6.07) is 9.86. The number of anilines is 1. The number of hydrogen-bond acceptors (Lipinski definition) is 5. The number of thiazole rings is 1. The highest BCUT2D eigenvalue weighted by Gasteiger charge is 2.27. The van der Waals surface area contributed by atoms with Gasteiger partial charge in [-0.3, -0.25) is 4.79 Å². The highest BCUT2D eigenvalue weighted by Crippen LogP contribution is 2.26. The molecule has 1 amide bonds. The molecule has 0 saturated carbocycles. The largest absolute Gasteiger partial charge is 0.364 e. The van der Waals surface area contributed by atoms with Crippen LogP contribution in [0.2, 0.25) is 0 Å². The van der Waals surface area contributed by atoms with E-state index >= 15 is 0 Å². The fourth-order valence-electron chi connectivity index (χ4n) is 3.63. The summed E-state index contributed by atoms with van der Waals surface area (Å²) >= 11 is 1.56. The minimum Gasteiger partial charge on any atom is -0.364 e. The van der Waals surface area contributed by atoms with Crippen molar-refractivity contribution < 1.29 is 14.4 Å². The molecule has 2 N–H and O–H groups in total. The second-order valence-electron chi connectivity index (χ2n) is 7.19. The first-order chi connectivity index (χ1) is 13.0. The Morgan fingerprint density at radius 2 is 2.07 bits per heavy atom. The average molecular weight is 387 g/mol. The number of para-hydroxylation sites is 1. The van der Waals surface area contributed by atoms with Crippen LogP contribution in [0.4, 0.5) is 5.82 Å². The first kappa shape index (κ1) is 18.1. The number of rotatable bonds is 4. The third-order valence-corrected chi connectivity index (χ3v) is 5.60. The third kappa shape index (κ3) is 4.02. The Hall–Kier alpha value is -2.29. The molecule has 3 aromatic rings. The van der Waals surface area contributed by atoms with Crippen molar-refractivity contribution in [2.75, 3.05) is 25.0 Å². The van der Waals surface area contributed by atoms with Crippen molar-refractivity contribution in [1.29, 1.82) is 0 Å². The number of aromatic nitrogens is 3. The van der Waals surface area contributed by atoms with Crippen LogP contribution in [0.5, 0.6) is 0 Å². The predicted molar refractivity (Wildman–Crippen MR) is 106 cm³/mol. The summed E-state index contributed by atoms with van der Waals surface area (Å²) in [5.74, 6) is 0.638. The van der Waals surface area contributed by atoms with E-state index in [2.05, 4.69) is 29.2 Å². The maximum absolute atomic E-state index is 12.6. The second kappa shape index (κ2) is 7.38.